The molecular formula is C20H15Cl2N3O6. The van der Waals surface area contributed by atoms with E-state index < -0.39 is 30.4 Å². The Morgan fingerprint density at radius 3 is 2.58 bits per heavy atom. The quantitative estimate of drug-likeness (QED) is 0.500. The Labute approximate surface area is 186 Å². The number of nitrogens with one attached hydrogen (secondary N) is 1. The maximum Gasteiger partial charge on any atom is 0.335 e. The highest BCUT2D eigenvalue weighted by Gasteiger charge is 2.37. The van der Waals surface area contributed by atoms with Gasteiger partial charge < -0.3 is 15.2 Å². The van der Waals surface area contributed by atoms with Crippen molar-refractivity contribution in [2.75, 3.05) is 18.6 Å². The first-order valence-corrected chi connectivity index (χ1v) is 9.42. The van der Waals surface area contributed by atoms with E-state index >= 15 is 0 Å². The SMILES string of the molecule is COc1cc(/C=C2\C(=O)NC(=O)N(c3cccc(Cl)c3)C2=O)cc(Cl)c1OCC(N)=O. The van der Waals surface area contributed by atoms with Crippen molar-refractivity contribution in [3.63, 3.8) is 0 Å². The minimum Gasteiger partial charge on any atom is -0.493 e. The molecule has 3 rings (SSSR count). The predicted molar refractivity (Wildman–Crippen MR) is 113 cm³/mol. The van der Waals surface area contributed by atoms with Crippen LogP contribution in [0.3, 0.4) is 0 Å². The standard InChI is InChI=1S/C20H15Cl2N3O6/c1-30-15-7-10(6-14(22)17(15)31-9-16(23)26)5-13-18(27)24-20(29)25(19(13)28)12-4-2-3-11(21)8-12/h2-8H,9H2,1H3,(H2,23,26)(H,24,27,29)/b13-5+. The Bertz CT molecular complexity index is 1130. The van der Waals surface area contributed by atoms with Gasteiger partial charge in [-0.1, -0.05) is 29.3 Å². The Hall–Kier alpha value is -3.56. The predicted octanol–water partition coefficient (Wildman–Crippen LogP) is 2.53. The number of ether oxygens (including phenoxy) is 2. The second-order valence-corrected chi connectivity index (χ2v) is 7.07. The number of methoxy groups -OCH3 is 1. The van der Waals surface area contributed by atoms with Crippen LogP contribution in [0.2, 0.25) is 10.0 Å². The lowest BCUT2D eigenvalue weighted by Gasteiger charge is -2.26. The van der Waals surface area contributed by atoms with Crippen LogP contribution in [0.5, 0.6) is 11.5 Å². The summed E-state index contributed by atoms with van der Waals surface area (Å²) in [4.78, 5) is 49.3. The molecule has 1 heterocycles. The van der Waals surface area contributed by atoms with Crippen LogP contribution in [-0.4, -0.2) is 37.5 Å². The number of carbonyl (C=O) groups is 4. The summed E-state index contributed by atoms with van der Waals surface area (Å²) in [6, 6.07) is 7.99. The van der Waals surface area contributed by atoms with E-state index in [0.717, 1.165) is 4.90 Å². The van der Waals surface area contributed by atoms with Crippen molar-refractivity contribution in [2.24, 2.45) is 5.73 Å². The number of imide groups is 2. The molecule has 0 atom stereocenters. The number of nitrogens with two attached hydrogens (primary N) is 1. The van der Waals surface area contributed by atoms with E-state index in [-0.39, 0.29) is 27.8 Å². The van der Waals surface area contributed by atoms with Gasteiger partial charge in [0.2, 0.25) is 0 Å². The molecule has 3 N–H and O–H groups in total. The van der Waals surface area contributed by atoms with Crippen molar-refractivity contribution in [2.45, 2.75) is 0 Å². The number of anilines is 1. The number of benzene rings is 2. The van der Waals surface area contributed by atoms with E-state index in [1.807, 2.05) is 0 Å². The average molecular weight is 464 g/mol. The number of hydrogen-bond donors (Lipinski definition) is 2. The maximum atomic E-state index is 12.9. The Morgan fingerprint density at radius 2 is 1.94 bits per heavy atom. The molecule has 0 saturated carbocycles. The minimum absolute atomic E-state index is 0.0545. The molecule has 5 amide bonds. The number of carbonyl (C=O) groups excluding carboxylic acids is 4. The summed E-state index contributed by atoms with van der Waals surface area (Å²) in [5.74, 6) is -2.22. The van der Waals surface area contributed by atoms with Gasteiger partial charge >= 0.3 is 6.03 Å². The van der Waals surface area contributed by atoms with Gasteiger partial charge in [-0.15, -0.1) is 0 Å². The summed E-state index contributed by atoms with van der Waals surface area (Å²) < 4.78 is 10.5. The van der Waals surface area contributed by atoms with Gasteiger partial charge in [-0.05, 0) is 42.0 Å². The van der Waals surface area contributed by atoms with E-state index in [2.05, 4.69) is 5.32 Å². The fraction of sp³-hybridized carbons (Fsp3) is 0.100. The van der Waals surface area contributed by atoms with Gasteiger partial charge in [0.15, 0.2) is 18.1 Å². The van der Waals surface area contributed by atoms with E-state index in [1.165, 1.54) is 37.5 Å². The molecule has 0 bridgehead atoms. The third kappa shape index (κ3) is 4.79. The summed E-state index contributed by atoms with van der Waals surface area (Å²) in [6.45, 7) is -0.423. The molecule has 0 unspecified atom stereocenters. The van der Waals surface area contributed by atoms with Crippen molar-refractivity contribution in [3.8, 4) is 11.5 Å². The van der Waals surface area contributed by atoms with Crippen molar-refractivity contribution < 1.29 is 28.7 Å². The van der Waals surface area contributed by atoms with Crippen LogP contribution in [0.1, 0.15) is 5.56 Å². The van der Waals surface area contributed by atoms with Gasteiger partial charge in [0.1, 0.15) is 5.57 Å². The molecule has 1 fully saturated rings. The van der Waals surface area contributed by atoms with Crippen molar-refractivity contribution in [3.05, 3.63) is 57.6 Å². The van der Waals surface area contributed by atoms with Gasteiger partial charge in [0.25, 0.3) is 17.7 Å². The van der Waals surface area contributed by atoms with Gasteiger partial charge in [-0.3, -0.25) is 19.7 Å². The average Bonchev–Trinajstić information content (AvgIpc) is 2.69. The van der Waals surface area contributed by atoms with Gasteiger partial charge in [0.05, 0.1) is 17.8 Å². The molecular weight excluding hydrogens is 449 g/mol. The number of nitrogens with zero attached hydrogens (tertiary/aromatic N) is 1. The van der Waals surface area contributed by atoms with Gasteiger partial charge in [0, 0.05) is 5.02 Å². The van der Waals surface area contributed by atoms with E-state index in [0.29, 0.717) is 10.6 Å². The minimum atomic E-state index is -0.903. The number of urea groups is 1. The third-order valence-electron chi connectivity index (χ3n) is 4.09. The number of rotatable bonds is 6. The molecule has 1 aliphatic rings. The number of barbiturate groups is 1. The summed E-state index contributed by atoms with van der Waals surface area (Å²) in [7, 11) is 1.34. The fourth-order valence-electron chi connectivity index (χ4n) is 2.78. The normalized spacial score (nSPS) is 15.1. The molecule has 31 heavy (non-hydrogen) atoms. The van der Waals surface area contributed by atoms with Gasteiger partial charge in [-0.2, -0.15) is 0 Å². The van der Waals surface area contributed by atoms with Crippen LogP contribution in [-0.2, 0) is 14.4 Å². The molecule has 0 spiro atoms. The van der Waals surface area contributed by atoms with Crippen LogP contribution in [0.25, 0.3) is 6.08 Å². The smallest absolute Gasteiger partial charge is 0.335 e. The van der Waals surface area contributed by atoms with Crippen LogP contribution in [0.4, 0.5) is 10.5 Å². The number of amides is 5. The van der Waals surface area contributed by atoms with Crippen LogP contribution in [0, 0.1) is 0 Å². The lowest BCUT2D eigenvalue weighted by molar-refractivity contribution is -0.123. The molecule has 1 aliphatic heterocycles. The molecule has 9 nitrogen and oxygen atoms in total. The summed E-state index contributed by atoms with van der Waals surface area (Å²) in [5, 5.41) is 2.47. The first kappa shape index (κ1) is 22.1. The lowest BCUT2D eigenvalue weighted by atomic mass is 10.1. The molecule has 0 radical (unpaired) electrons. The zero-order valence-electron chi connectivity index (χ0n) is 16.0. The highest BCUT2D eigenvalue weighted by Crippen LogP contribution is 2.37. The topological polar surface area (TPSA) is 128 Å². The Balaban J connectivity index is 2.00. The summed E-state index contributed by atoms with van der Waals surface area (Å²) in [5.41, 5.74) is 5.26. The monoisotopic (exact) mass is 463 g/mol. The second kappa shape index (κ2) is 9.07. The molecule has 2 aromatic carbocycles. The Morgan fingerprint density at radius 1 is 1.19 bits per heavy atom. The molecule has 0 aliphatic carbocycles. The number of primary amides is 1. The first-order valence-electron chi connectivity index (χ1n) is 8.67. The lowest BCUT2D eigenvalue weighted by Crippen LogP contribution is -2.54. The largest absolute Gasteiger partial charge is 0.493 e. The molecule has 2 aromatic rings. The van der Waals surface area contributed by atoms with Crippen LogP contribution >= 0.6 is 23.2 Å². The first-order chi connectivity index (χ1) is 14.7. The fourth-order valence-corrected chi connectivity index (χ4v) is 3.24. The second-order valence-electron chi connectivity index (χ2n) is 6.23. The molecule has 160 valence electrons. The maximum absolute atomic E-state index is 12.9. The van der Waals surface area contributed by atoms with Gasteiger partial charge in [-0.25, -0.2) is 9.69 Å². The summed E-state index contributed by atoms with van der Waals surface area (Å²) in [6.07, 6.45) is 1.24. The molecule has 1 saturated heterocycles. The van der Waals surface area contributed by atoms with Crippen molar-refractivity contribution >= 4 is 58.7 Å². The number of hydrogen-bond acceptors (Lipinski definition) is 6. The van der Waals surface area contributed by atoms with E-state index in [1.54, 1.807) is 12.1 Å². The third-order valence-corrected chi connectivity index (χ3v) is 4.61. The molecule has 11 heteroatoms. The van der Waals surface area contributed by atoms with E-state index in [9.17, 15) is 19.2 Å². The highest BCUT2D eigenvalue weighted by atomic mass is 35.5. The molecule has 0 aromatic heterocycles. The van der Waals surface area contributed by atoms with E-state index in [4.69, 9.17) is 38.4 Å². The van der Waals surface area contributed by atoms with Crippen molar-refractivity contribution in [1.82, 2.24) is 5.32 Å². The zero-order chi connectivity index (χ0) is 22.7. The Kier molecular flexibility index (Phi) is 6.47. The van der Waals surface area contributed by atoms with Crippen LogP contribution < -0.4 is 25.4 Å². The summed E-state index contributed by atoms with van der Waals surface area (Å²) >= 11 is 12.1. The highest BCUT2D eigenvalue weighted by molar-refractivity contribution is 6.39. The zero-order valence-corrected chi connectivity index (χ0v) is 17.5. The van der Waals surface area contributed by atoms with Crippen molar-refractivity contribution in [1.29, 1.82) is 0 Å². The number of halogens is 2. The van der Waals surface area contributed by atoms with Crippen LogP contribution in [0.15, 0.2) is 42.0 Å².